The lowest BCUT2D eigenvalue weighted by atomic mass is 10.1. The second kappa shape index (κ2) is 8.64. The number of rotatable bonds is 6. The first kappa shape index (κ1) is 18.8. The topological polar surface area (TPSA) is 98.4 Å². The number of hydrogen-bond donors (Lipinski definition) is 2. The highest BCUT2D eigenvalue weighted by Crippen LogP contribution is 2.30. The van der Waals surface area contributed by atoms with Gasteiger partial charge in [0.15, 0.2) is 11.5 Å². The number of amides is 1. The van der Waals surface area contributed by atoms with Crippen molar-refractivity contribution in [3.8, 4) is 17.2 Å². The molecule has 4 rings (SSSR count). The zero-order valence-electron chi connectivity index (χ0n) is 16.1. The van der Waals surface area contributed by atoms with Gasteiger partial charge < -0.3 is 14.2 Å². The average molecular weight is 394 g/mol. The molecule has 0 atom stereocenters. The third-order valence-corrected chi connectivity index (χ3v) is 4.58. The molecule has 0 radical (unpaired) electrons. The molecule has 3 aromatic rings. The van der Waals surface area contributed by atoms with Crippen molar-refractivity contribution in [2.24, 2.45) is 0 Å². The third-order valence-electron chi connectivity index (χ3n) is 4.58. The number of H-pyrrole nitrogens is 1. The number of aromatic nitrogens is 3. The van der Waals surface area contributed by atoms with E-state index in [0.29, 0.717) is 42.5 Å². The van der Waals surface area contributed by atoms with Crippen LogP contribution < -0.4 is 19.5 Å². The van der Waals surface area contributed by atoms with E-state index in [-0.39, 0.29) is 11.9 Å². The van der Waals surface area contributed by atoms with Gasteiger partial charge in [0.2, 0.25) is 5.95 Å². The van der Waals surface area contributed by atoms with E-state index in [9.17, 15) is 4.79 Å². The van der Waals surface area contributed by atoms with Crippen molar-refractivity contribution in [1.82, 2.24) is 15.2 Å². The van der Waals surface area contributed by atoms with E-state index >= 15 is 0 Å². The molecule has 1 amide bonds. The normalized spacial score (nSPS) is 12.9. The lowest BCUT2D eigenvalue weighted by molar-refractivity contribution is 0.102. The van der Waals surface area contributed by atoms with E-state index in [1.54, 1.807) is 25.3 Å². The number of fused-ring (bicyclic) bond motifs is 1. The fraction of sp³-hybridized carbons (Fsp3) is 0.286. The summed E-state index contributed by atoms with van der Waals surface area (Å²) in [5, 5.41) is 9.66. The van der Waals surface area contributed by atoms with Gasteiger partial charge in [-0.25, -0.2) is 0 Å². The van der Waals surface area contributed by atoms with Gasteiger partial charge in [0, 0.05) is 18.4 Å². The Morgan fingerprint density at radius 3 is 2.69 bits per heavy atom. The summed E-state index contributed by atoms with van der Waals surface area (Å²) in [4.78, 5) is 16.9. The summed E-state index contributed by atoms with van der Waals surface area (Å²) in [7, 11) is 1.64. The van der Waals surface area contributed by atoms with E-state index in [1.807, 2.05) is 24.3 Å². The van der Waals surface area contributed by atoms with Gasteiger partial charge in [-0.15, -0.1) is 5.10 Å². The van der Waals surface area contributed by atoms with Crippen molar-refractivity contribution in [2.75, 3.05) is 25.6 Å². The SMILES string of the molecule is COc1ccc(CCc2nc(NC(=O)c3ccc4c(c3)OCCCO4)n[nH]2)cc1. The largest absolute Gasteiger partial charge is 0.497 e. The summed E-state index contributed by atoms with van der Waals surface area (Å²) in [6.07, 6.45) is 2.29. The van der Waals surface area contributed by atoms with Crippen LogP contribution >= 0.6 is 0 Å². The molecular weight excluding hydrogens is 372 g/mol. The maximum atomic E-state index is 12.5. The number of carbonyl (C=O) groups excluding carboxylic acids is 1. The third kappa shape index (κ3) is 4.66. The summed E-state index contributed by atoms with van der Waals surface area (Å²) in [6, 6.07) is 13.0. The highest BCUT2D eigenvalue weighted by molar-refractivity contribution is 6.03. The fourth-order valence-corrected chi connectivity index (χ4v) is 3.00. The molecule has 0 unspecified atom stereocenters. The Balaban J connectivity index is 1.36. The van der Waals surface area contributed by atoms with E-state index in [0.717, 1.165) is 18.6 Å². The van der Waals surface area contributed by atoms with Gasteiger partial charge in [0.05, 0.1) is 20.3 Å². The van der Waals surface area contributed by atoms with Crippen LogP contribution in [0.3, 0.4) is 0 Å². The maximum Gasteiger partial charge on any atom is 0.258 e. The quantitative estimate of drug-likeness (QED) is 0.667. The van der Waals surface area contributed by atoms with Crippen LogP contribution in [0.25, 0.3) is 0 Å². The average Bonchev–Trinajstić information content (AvgIpc) is 3.06. The molecule has 8 heteroatoms. The fourth-order valence-electron chi connectivity index (χ4n) is 3.00. The lowest BCUT2D eigenvalue weighted by Gasteiger charge is -2.08. The summed E-state index contributed by atoms with van der Waals surface area (Å²) in [6.45, 7) is 1.17. The standard InChI is InChI=1S/C21H22N4O4/c1-27-16-7-3-14(4-8-16)5-10-19-22-21(25-24-19)23-20(26)15-6-9-17-18(13-15)29-12-2-11-28-17/h3-4,6-9,13H,2,5,10-12H2,1H3,(H2,22,23,24,25,26). The number of nitrogens with one attached hydrogen (secondary N) is 2. The molecule has 29 heavy (non-hydrogen) atoms. The minimum atomic E-state index is -0.304. The number of aromatic amines is 1. The Morgan fingerprint density at radius 2 is 1.90 bits per heavy atom. The predicted molar refractivity (Wildman–Crippen MR) is 107 cm³/mol. The molecule has 0 spiro atoms. The smallest absolute Gasteiger partial charge is 0.258 e. The molecule has 0 saturated carbocycles. The Kier molecular flexibility index (Phi) is 5.60. The number of benzene rings is 2. The number of nitrogens with zero attached hydrogens (tertiary/aromatic N) is 2. The van der Waals surface area contributed by atoms with Crippen LogP contribution in [0.5, 0.6) is 17.2 Å². The van der Waals surface area contributed by atoms with Gasteiger partial charge in [0.25, 0.3) is 5.91 Å². The van der Waals surface area contributed by atoms with Crippen molar-refractivity contribution in [2.45, 2.75) is 19.3 Å². The molecule has 1 aliphatic heterocycles. The molecule has 2 N–H and O–H groups in total. The zero-order chi connectivity index (χ0) is 20.1. The number of methoxy groups -OCH3 is 1. The van der Waals surface area contributed by atoms with E-state index in [2.05, 4.69) is 20.5 Å². The number of carbonyl (C=O) groups is 1. The molecule has 0 aliphatic carbocycles. The van der Waals surface area contributed by atoms with E-state index in [1.165, 1.54) is 5.56 Å². The molecular formula is C21H22N4O4. The second-order valence-electron chi connectivity index (χ2n) is 6.62. The molecule has 1 aromatic heterocycles. The first-order valence-electron chi connectivity index (χ1n) is 9.46. The highest BCUT2D eigenvalue weighted by Gasteiger charge is 2.15. The lowest BCUT2D eigenvalue weighted by Crippen LogP contribution is -2.13. The second-order valence-corrected chi connectivity index (χ2v) is 6.62. The maximum absolute atomic E-state index is 12.5. The minimum Gasteiger partial charge on any atom is -0.497 e. The van der Waals surface area contributed by atoms with Crippen molar-refractivity contribution >= 4 is 11.9 Å². The molecule has 0 fully saturated rings. The first-order chi connectivity index (χ1) is 14.2. The summed E-state index contributed by atoms with van der Waals surface area (Å²) < 4.78 is 16.4. The molecule has 0 saturated heterocycles. The number of ether oxygens (including phenoxy) is 3. The van der Waals surface area contributed by atoms with Gasteiger partial charge in [-0.3, -0.25) is 15.2 Å². The Morgan fingerprint density at radius 1 is 1.10 bits per heavy atom. The van der Waals surface area contributed by atoms with Gasteiger partial charge in [0.1, 0.15) is 11.6 Å². The van der Waals surface area contributed by atoms with Gasteiger partial charge >= 0.3 is 0 Å². The zero-order valence-corrected chi connectivity index (χ0v) is 16.1. The van der Waals surface area contributed by atoms with Gasteiger partial charge in [-0.1, -0.05) is 12.1 Å². The molecule has 1 aliphatic rings. The molecule has 2 aromatic carbocycles. The molecule has 0 bridgehead atoms. The summed E-state index contributed by atoms with van der Waals surface area (Å²) in [5.74, 6) is 2.69. The van der Waals surface area contributed by atoms with E-state index in [4.69, 9.17) is 14.2 Å². The molecule has 8 nitrogen and oxygen atoms in total. The predicted octanol–water partition coefficient (Wildman–Crippen LogP) is 3.01. The van der Waals surface area contributed by atoms with Crippen LogP contribution in [0.15, 0.2) is 42.5 Å². The first-order valence-corrected chi connectivity index (χ1v) is 9.46. The van der Waals surface area contributed by atoms with E-state index < -0.39 is 0 Å². The number of anilines is 1. The number of hydrogen-bond acceptors (Lipinski definition) is 6. The van der Waals surface area contributed by atoms with Crippen molar-refractivity contribution in [1.29, 1.82) is 0 Å². The van der Waals surface area contributed by atoms with Gasteiger partial charge in [-0.05, 0) is 42.3 Å². The summed E-state index contributed by atoms with van der Waals surface area (Å²) >= 11 is 0. The van der Waals surface area contributed by atoms with Crippen LogP contribution in [0, 0.1) is 0 Å². The van der Waals surface area contributed by atoms with Crippen LogP contribution in [-0.2, 0) is 12.8 Å². The number of aryl methyl sites for hydroxylation is 2. The Hall–Kier alpha value is -3.55. The monoisotopic (exact) mass is 394 g/mol. The molecule has 150 valence electrons. The summed E-state index contributed by atoms with van der Waals surface area (Å²) in [5.41, 5.74) is 1.62. The van der Waals surface area contributed by atoms with Crippen molar-refractivity contribution < 1.29 is 19.0 Å². The van der Waals surface area contributed by atoms with Crippen LogP contribution in [0.4, 0.5) is 5.95 Å². The van der Waals surface area contributed by atoms with Gasteiger partial charge in [-0.2, -0.15) is 4.98 Å². The molecule has 2 heterocycles. The van der Waals surface area contributed by atoms with Crippen LogP contribution in [0.1, 0.15) is 28.2 Å². The Labute approximate surface area is 168 Å². The minimum absolute atomic E-state index is 0.242. The highest BCUT2D eigenvalue weighted by atomic mass is 16.5. The van der Waals surface area contributed by atoms with Crippen LogP contribution in [0.2, 0.25) is 0 Å². The van der Waals surface area contributed by atoms with Crippen molar-refractivity contribution in [3.05, 3.63) is 59.4 Å². The van der Waals surface area contributed by atoms with Crippen molar-refractivity contribution in [3.63, 3.8) is 0 Å². The Bertz CT molecular complexity index is 985. The van der Waals surface area contributed by atoms with Crippen LogP contribution in [-0.4, -0.2) is 41.4 Å².